The van der Waals surface area contributed by atoms with Crippen LogP contribution in [0.3, 0.4) is 0 Å². The predicted octanol–water partition coefficient (Wildman–Crippen LogP) is 3.33. The summed E-state index contributed by atoms with van der Waals surface area (Å²) in [5, 5.41) is 10.9. The molecule has 0 unspecified atom stereocenters. The predicted molar refractivity (Wildman–Crippen MR) is 70.1 cm³/mol. The van der Waals surface area contributed by atoms with Crippen molar-refractivity contribution in [1.29, 1.82) is 0 Å². The Bertz CT molecular complexity index is 378. The van der Waals surface area contributed by atoms with Gasteiger partial charge in [-0.25, -0.2) is 0 Å². The van der Waals surface area contributed by atoms with Gasteiger partial charge in [-0.2, -0.15) is 0 Å². The summed E-state index contributed by atoms with van der Waals surface area (Å²) in [5.41, 5.74) is 1.12. The molecular weight excluding hydrogens is 242 g/mol. The van der Waals surface area contributed by atoms with E-state index in [2.05, 4.69) is 0 Å². The van der Waals surface area contributed by atoms with Crippen molar-refractivity contribution < 1.29 is 4.92 Å². The first-order valence-electron chi connectivity index (χ1n) is 5.23. The minimum atomic E-state index is -0.284. The highest BCUT2D eigenvalue weighted by atomic mass is 32.2. The lowest BCUT2D eigenvalue weighted by Gasteiger charge is -2.20. The molecule has 5 heteroatoms. The molecule has 1 aliphatic rings. The summed E-state index contributed by atoms with van der Waals surface area (Å²) in [6.45, 7) is 0. The van der Waals surface area contributed by atoms with Crippen LogP contribution in [0.15, 0.2) is 24.3 Å². The average Bonchev–Trinajstić information content (AvgIpc) is 2.31. The third-order valence-corrected chi connectivity index (χ3v) is 5.41. The SMILES string of the molecule is O=[N+]([O-])c1ccccc1CC1SCCCS1. The van der Waals surface area contributed by atoms with Gasteiger partial charge in [0.1, 0.15) is 0 Å². The van der Waals surface area contributed by atoms with Gasteiger partial charge in [-0.1, -0.05) is 18.2 Å². The van der Waals surface area contributed by atoms with E-state index in [9.17, 15) is 10.1 Å². The van der Waals surface area contributed by atoms with Gasteiger partial charge >= 0.3 is 0 Å². The van der Waals surface area contributed by atoms with Crippen LogP contribution in [-0.2, 0) is 6.42 Å². The lowest BCUT2D eigenvalue weighted by molar-refractivity contribution is -0.385. The van der Waals surface area contributed by atoms with Crippen molar-refractivity contribution in [3.8, 4) is 0 Å². The van der Waals surface area contributed by atoms with Crippen molar-refractivity contribution in [3.05, 3.63) is 39.9 Å². The zero-order valence-corrected chi connectivity index (χ0v) is 10.4. The van der Waals surface area contributed by atoms with E-state index in [0.29, 0.717) is 4.58 Å². The molecule has 1 aromatic rings. The van der Waals surface area contributed by atoms with Crippen molar-refractivity contribution in [2.24, 2.45) is 0 Å². The second-order valence-corrected chi connectivity index (χ2v) is 6.53. The quantitative estimate of drug-likeness (QED) is 0.614. The minimum absolute atomic E-state index is 0.259. The molecule has 0 aliphatic carbocycles. The number of nitro benzene ring substituents is 1. The summed E-state index contributed by atoms with van der Waals surface area (Å²) >= 11 is 3.84. The second-order valence-electron chi connectivity index (χ2n) is 3.61. The van der Waals surface area contributed by atoms with Crippen LogP contribution in [0, 0.1) is 10.1 Å². The second kappa shape index (κ2) is 5.59. The maximum Gasteiger partial charge on any atom is 0.272 e. The van der Waals surface area contributed by atoms with Gasteiger partial charge in [0, 0.05) is 18.1 Å². The molecule has 0 spiro atoms. The van der Waals surface area contributed by atoms with Crippen molar-refractivity contribution in [2.45, 2.75) is 17.4 Å². The first-order valence-corrected chi connectivity index (χ1v) is 7.32. The molecule has 86 valence electrons. The highest BCUT2D eigenvalue weighted by Crippen LogP contribution is 2.34. The number of hydrogen-bond acceptors (Lipinski definition) is 4. The molecule has 0 radical (unpaired) electrons. The molecule has 0 N–H and O–H groups in total. The summed E-state index contributed by atoms with van der Waals surface area (Å²) in [6.07, 6.45) is 2.05. The van der Waals surface area contributed by atoms with Crippen molar-refractivity contribution in [2.75, 3.05) is 11.5 Å². The van der Waals surface area contributed by atoms with Crippen molar-refractivity contribution in [1.82, 2.24) is 0 Å². The van der Waals surface area contributed by atoms with Crippen LogP contribution < -0.4 is 0 Å². The largest absolute Gasteiger partial charge is 0.272 e. The fourth-order valence-corrected chi connectivity index (χ4v) is 4.58. The molecule has 0 saturated carbocycles. The molecule has 0 amide bonds. The summed E-state index contributed by atoms with van der Waals surface area (Å²) in [6, 6.07) is 7.06. The molecule has 0 bridgehead atoms. The van der Waals surface area contributed by atoms with E-state index in [-0.39, 0.29) is 10.6 Å². The van der Waals surface area contributed by atoms with Crippen molar-refractivity contribution >= 4 is 29.2 Å². The topological polar surface area (TPSA) is 43.1 Å². The number of nitro groups is 1. The van der Waals surface area contributed by atoms with E-state index in [0.717, 1.165) is 12.0 Å². The molecule has 1 heterocycles. The smallest absolute Gasteiger partial charge is 0.258 e. The lowest BCUT2D eigenvalue weighted by atomic mass is 10.1. The van der Waals surface area contributed by atoms with Crippen LogP contribution in [-0.4, -0.2) is 21.0 Å². The van der Waals surface area contributed by atoms with Crippen LogP contribution in [0.4, 0.5) is 5.69 Å². The van der Waals surface area contributed by atoms with Crippen LogP contribution in [0.2, 0.25) is 0 Å². The normalized spacial score (nSPS) is 17.2. The maximum absolute atomic E-state index is 10.9. The van der Waals surface area contributed by atoms with E-state index in [1.165, 1.54) is 17.9 Å². The Labute approximate surface area is 103 Å². The molecule has 16 heavy (non-hydrogen) atoms. The molecule has 3 nitrogen and oxygen atoms in total. The van der Waals surface area contributed by atoms with Crippen LogP contribution >= 0.6 is 23.5 Å². The molecule has 2 rings (SSSR count). The number of hydrogen-bond donors (Lipinski definition) is 0. The fourth-order valence-electron chi connectivity index (χ4n) is 1.70. The van der Waals surface area contributed by atoms with Gasteiger partial charge in [-0.15, -0.1) is 23.5 Å². The van der Waals surface area contributed by atoms with Gasteiger partial charge in [0.05, 0.1) is 9.51 Å². The van der Waals surface area contributed by atoms with Gasteiger partial charge < -0.3 is 0 Å². The number of nitrogens with zero attached hydrogens (tertiary/aromatic N) is 1. The Hall–Kier alpha value is -0.680. The number of para-hydroxylation sites is 1. The maximum atomic E-state index is 10.9. The standard InChI is InChI=1S/C11H13NO2S2/c13-12(14)10-5-2-1-4-9(10)8-11-15-6-3-7-16-11/h1-2,4-5,11H,3,6-8H2. The molecule has 0 atom stereocenters. The van der Waals surface area contributed by atoms with Gasteiger partial charge in [0.2, 0.25) is 0 Å². The Morgan fingerprint density at radius 2 is 2.00 bits per heavy atom. The number of benzene rings is 1. The summed E-state index contributed by atoms with van der Waals surface area (Å²) in [5.74, 6) is 2.36. The summed E-state index contributed by atoms with van der Waals surface area (Å²) in [4.78, 5) is 10.6. The summed E-state index contributed by atoms with van der Waals surface area (Å²) < 4.78 is 0.481. The summed E-state index contributed by atoms with van der Waals surface area (Å²) in [7, 11) is 0. The van der Waals surface area contributed by atoms with Gasteiger partial charge in [-0.05, 0) is 17.9 Å². The Kier molecular flexibility index (Phi) is 4.12. The van der Waals surface area contributed by atoms with Crippen LogP contribution in [0.5, 0.6) is 0 Å². The lowest BCUT2D eigenvalue weighted by Crippen LogP contribution is -2.10. The Morgan fingerprint density at radius 3 is 2.69 bits per heavy atom. The first kappa shape index (κ1) is 11.8. The molecule has 1 saturated heterocycles. The van der Waals surface area contributed by atoms with Gasteiger partial charge in [0.15, 0.2) is 0 Å². The van der Waals surface area contributed by atoms with Crippen molar-refractivity contribution in [3.63, 3.8) is 0 Å². The first-order chi connectivity index (χ1) is 7.77. The highest BCUT2D eigenvalue weighted by molar-refractivity contribution is 8.17. The minimum Gasteiger partial charge on any atom is -0.258 e. The van der Waals surface area contributed by atoms with E-state index < -0.39 is 0 Å². The fraction of sp³-hybridized carbons (Fsp3) is 0.455. The van der Waals surface area contributed by atoms with Crippen LogP contribution in [0.25, 0.3) is 0 Å². The molecule has 0 aromatic heterocycles. The van der Waals surface area contributed by atoms with Gasteiger partial charge in [0.25, 0.3) is 5.69 Å². The number of rotatable bonds is 3. The Balaban J connectivity index is 2.10. The molecular formula is C11H13NO2S2. The zero-order valence-electron chi connectivity index (χ0n) is 8.80. The molecule has 1 fully saturated rings. The Morgan fingerprint density at radius 1 is 1.31 bits per heavy atom. The monoisotopic (exact) mass is 255 g/mol. The van der Waals surface area contributed by atoms with Crippen LogP contribution in [0.1, 0.15) is 12.0 Å². The third kappa shape index (κ3) is 2.92. The third-order valence-electron chi connectivity index (χ3n) is 2.47. The average molecular weight is 255 g/mol. The highest BCUT2D eigenvalue weighted by Gasteiger charge is 2.19. The number of thioether (sulfide) groups is 2. The molecule has 1 aromatic carbocycles. The van der Waals surface area contributed by atoms with E-state index in [4.69, 9.17) is 0 Å². The molecule has 1 aliphatic heterocycles. The van der Waals surface area contributed by atoms with E-state index >= 15 is 0 Å². The van der Waals surface area contributed by atoms with E-state index in [1.807, 2.05) is 35.7 Å². The van der Waals surface area contributed by atoms with Gasteiger partial charge in [-0.3, -0.25) is 10.1 Å². The van der Waals surface area contributed by atoms with E-state index in [1.54, 1.807) is 12.1 Å². The zero-order chi connectivity index (χ0) is 11.4.